The van der Waals surface area contributed by atoms with Crippen LogP contribution in [0.5, 0.6) is 0 Å². The lowest BCUT2D eigenvalue weighted by Crippen LogP contribution is -2.41. The van der Waals surface area contributed by atoms with Crippen LogP contribution in [0.25, 0.3) is 0 Å². The molecule has 0 spiro atoms. The number of piperidine rings is 1. The van der Waals surface area contributed by atoms with Gasteiger partial charge in [-0.3, -0.25) is 0 Å². The minimum absolute atomic E-state index is 0.560. The second-order valence-electron chi connectivity index (χ2n) is 4.18. The van der Waals surface area contributed by atoms with Crippen LogP contribution in [0.2, 0.25) is 0 Å². The first-order valence-electron chi connectivity index (χ1n) is 5.13. The van der Waals surface area contributed by atoms with Crippen LogP contribution in [-0.4, -0.2) is 26.3 Å². The fourth-order valence-corrected chi connectivity index (χ4v) is 2.69. The Morgan fingerprint density at radius 3 is 2.92 bits per heavy atom. The summed E-state index contributed by atoms with van der Waals surface area (Å²) in [5.41, 5.74) is 0. The third-order valence-electron chi connectivity index (χ3n) is 3.52. The molecule has 2 aliphatic rings. The Labute approximate surface area is 74.7 Å². The van der Waals surface area contributed by atoms with Crippen molar-refractivity contribution >= 4 is 0 Å². The van der Waals surface area contributed by atoms with Gasteiger partial charge in [-0.05, 0) is 50.6 Å². The lowest BCUT2D eigenvalue weighted by Gasteiger charge is -2.39. The van der Waals surface area contributed by atoms with E-state index in [-0.39, 0.29) is 0 Å². The van der Waals surface area contributed by atoms with Crippen LogP contribution in [0.3, 0.4) is 0 Å². The maximum atomic E-state index is 5.42. The van der Waals surface area contributed by atoms with Gasteiger partial charge in [0.25, 0.3) is 0 Å². The number of rotatable bonds is 1. The average molecular weight is 169 g/mol. The lowest BCUT2D eigenvalue weighted by atomic mass is 9.74. The molecule has 1 aliphatic carbocycles. The third-order valence-corrected chi connectivity index (χ3v) is 3.52. The maximum absolute atomic E-state index is 5.42. The summed E-state index contributed by atoms with van der Waals surface area (Å²) in [6.45, 7) is 2.47. The van der Waals surface area contributed by atoms with Crippen molar-refractivity contribution in [1.82, 2.24) is 5.32 Å². The second-order valence-corrected chi connectivity index (χ2v) is 4.18. The van der Waals surface area contributed by atoms with Crippen LogP contribution in [0.15, 0.2) is 0 Å². The summed E-state index contributed by atoms with van der Waals surface area (Å²) < 4.78 is 5.42. The van der Waals surface area contributed by atoms with Crippen LogP contribution >= 0.6 is 0 Å². The molecular formula is C10H19NO. The van der Waals surface area contributed by atoms with E-state index in [9.17, 15) is 0 Å². The average Bonchev–Trinajstić information content (AvgIpc) is 2.17. The molecule has 1 saturated heterocycles. The molecule has 1 heterocycles. The molecule has 3 atom stereocenters. The van der Waals surface area contributed by atoms with Crippen molar-refractivity contribution in [3.8, 4) is 0 Å². The lowest BCUT2D eigenvalue weighted by molar-refractivity contribution is 0.0196. The van der Waals surface area contributed by atoms with Gasteiger partial charge in [0, 0.05) is 7.11 Å². The fraction of sp³-hybridized carbons (Fsp3) is 1.00. The molecule has 70 valence electrons. The SMILES string of the molecule is COC1CCC2CNCCC2C1. The highest BCUT2D eigenvalue weighted by Crippen LogP contribution is 2.34. The largest absolute Gasteiger partial charge is 0.381 e. The molecule has 0 radical (unpaired) electrons. The molecule has 1 N–H and O–H groups in total. The van der Waals surface area contributed by atoms with Crippen molar-refractivity contribution in [2.24, 2.45) is 11.8 Å². The number of hydrogen-bond acceptors (Lipinski definition) is 2. The van der Waals surface area contributed by atoms with Gasteiger partial charge in [-0.15, -0.1) is 0 Å². The van der Waals surface area contributed by atoms with Crippen molar-refractivity contribution in [1.29, 1.82) is 0 Å². The first-order valence-corrected chi connectivity index (χ1v) is 5.13. The monoisotopic (exact) mass is 169 g/mol. The predicted molar refractivity (Wildman–Crippen MR) is 49.1 cm³/mol. The van der Waals surface area contributed by atoms with E-state index in [0.29, 0.717) is 6.10 Å². The number of ether oxygens (including phenoxy) is 1. The van der Waals surface area contributed by atoms with Gasteiger partial charge < -0.3 is 10.1 Å². The van der Waals surface area contributed by atoms with Gasteiger partial charge in [-0.25, -0.2) is 0 Å². The van der Waals surface area contributed by atoms with E-state index in [1.807, 2.05) is 7.11 Å². The molecule has 0 aromatic carbocycles. The number of fused-ring (bicyclic) bond motifs is 1. The standard InChI is InChI=1S/C10H19NO/c1-12-10-3-2-9-7-11-5-4-8(9)6-10/h8-11H,2-7H2,1H3. The van der Waals surface area contributed by atoms with Crippen molar-refractivity contribution in [2.75, 3.05) is 20.2 Å². The molecule has 0 amide bonds. The summed E-state index contributed by atoms with van der Waals surface area (Å²) in [4.78, 5) is 0. The number of nitrogens with one attached hydrogen (secondary N) is 1. The summed E-state index contributed by atoms with van der Waals surface area (Å²) in [7, 11) is 1.85. The van der Waals surface area contributed by atoms with E-state index in [1.165, 1.54) is 38.8 Å². The molecule has 12 heavy (non-hydrogen) atoms. The third kappa shape index (κ3) is 1.64. The quantitative estimate of drug-likeness (QED) is 0.641. The second kappa shape index (κ2) is 3.75. The Bertz CT molecular complexity index is 149. The minimum Gasteiger partial charge on any atom is -0.381 e. The number of methoxy groups -OCH3 is 1. The molecule has 3 unspecified atom stereocenters. The van der Waals surface area contributed by atoms with Gasteiger partial charge in [0.05, 0.1) is 6.10 Å². The van der Waals surface area contributed by atoms with Crippen molar-refractivity contribution in [3.63, 3.8) is 0 Å². The van der Waals surface area contributed by atoms with Crippen LogP contribution in [0.1, 0.15) is 25.7 Å². The van der Waals surface area contributed by atoms with Crippen molar-refractivity contribution < 1.29 is 4.74 Å². The van der Waals surface area contributed by atoms with Gasteiger partial charge in [0.2, 0.25) is 0 Å². The van der Waals surface area contributed by atoms with E-state index < -0.39 is 0 Å². The van der Waals surface area contributed by atoms with Gasteiger partial charge in [-0.2, -0.15) is 0 Å². The first kappa shape index (κ1) is 8.52. The smallest absolute Gasteiger partial charge is 0.0574 e. The zero-order valence-corrected chi connectivity index (χ0v) is 7.88. The molecule has 0 bridgehead atoms. The topological polar surface area (TPSA) is 21.3 Å². The highest BCUT2D eigenvalue weighted by atomic mass is 16.5. The highest BCUT2D eigenvalue weighted by Gasteiger charge is 2.31. The Morgan fingerprint density at radius 1 is 1.17 bits per heavy atom. The maximum Gasteiger partial charge on any atom is 0.0574 e. The van der Waals surface area contributed by atoms with Crippen molar-refractivity contribution in [2.45, 2.75) is 31.8 Å². The molecule has 1 aliphatic heterocycles. The van der Waals surface area contributed by atoms with E-state index in [4.69, 9.17) is 4.74 Å². The Balaban J connectivity index is 1.90. The molecule has 2 rings (SSSR count). The van der Waals surface area contributed by atoms with E-state index in [1.54, 1.807) is 0 Å². The van der Waals surface area contributed by atoms with E-state index in [2.05, 4.69) is 5.32 Å². The summed E-state index contributed by atoms with van der Waals surface area (Å²) >= 11 is 0. The van der Waals surface area contributed by atoms with Crippen LogP contribution < -0.4 is 5.32 Å². The zero-order valence-electron chi connectivity index (χ0n) is 7.88. The summed E-state index contributed by atoms with van der Waals surface area (Å²) in [6.07, 6.45) is 5.88. The van der Waals surface area contributed by atoms with E-state index in [0.717, 1.165) is 11.8 Å². The Kier molecular flexibility index (Phi) is 2.66. The van der Waals surface area contributed by atoms with Crippen molar-refractivity contribution in [3.05, 3.63) is 0 Å². The fourth-order valence-electron chi connectivity index (χ4n) is 2.69. The van der Waals surface area contributed by atoms with Gasteiger partial charge in [-0.1, -0.05) is 0 Å². The number of hydrogen-bond donors (Lipinski definition) is 1. The molecule has 0 aromatic heterocycles. The summed E-state index contributed by atoms with van der Waals surface area (Å²) in [5.74, 6) is 1.90. The first-order chi connectivity index (χ1) is 5.90. The minimum atomic E-state index is 0.560. The van der Waals surface area contributed by atoms with Crippen LogP contribution in [0.4, 0.5) is 0 Å². The molecule has 2 heteroatoms. The highest BCUT2D eigenvalue weighted by molar-refractivity contribution is 4.85. The van der Waals surface area contributed by atoms with Gasteiger partial charge >= 0.3 is 0 Å². The normalized spacial score (nSPS) is 42.2. The summed E-state index contributed by atoms with van der Waals surface area (Å²) in [6, 6.07) is 0. The Hall–Kier alpha value is -0.0800. The molecule has 2 fully saturated rings. The van der Waals surface area contributed by atoms with Gasteiger partial charge in [0.15, 0.2) is 0 Å². The zero-order chi connectivity index (χ0) is 8.39. The molecular weight excluding hydrogens is 150 g/mol. The van der Waals surface area contributed by atoms with E-state index >= 15 is 0 Å². The summed E-state index contributed by atoms with van der Waals surface area (Å²) in [5, 5.41) is 3.48. The molecule has 2 nitrogen and oxygen atoms in total. The molecule has 0 aromatic rings. The predicted octanol–water partition coefficient (Wildman–Crippen LogP) is 1.41. The molecule has 1 saturated carbocycles. The Morgan fingerprint density at radius 2 is 2.08 bits per heavy atom. The van der Waals surface area contributed by atoms with Crippen LogP contribution in [-0.2, 0) is 4.74 Å². The van der Waals surface area contributed by atoms with Gasteiger partial charge in [0.1, 0.15) is 0 Å². The van der Waals surface area contributed by atoms with Crippen LogP contribution in [0, 0.1) is 11.8 Å².